The van der Waals surface area contributed by atoms with Crippen molar-refractivity contribution in [1.29, 1.82) is 0 Å². The second-order valence-corrected chi connectivity index (χ2v) is 6.07. The number of aromatic nitrogens is 3. The number of nitro groups is 1. The van der Waals surface area contributed by atoms with Crippen molar-refractivity contribution in [2.75, 3.05) is 5.32 Å². The van der Waals surface area contributed by atoms with Crippen LogP contribution in [0, 0.1) is 10.1 Å². The number of carbonyl (C=O) groups is 1. The molecule has 0 aliphatic rings. The predicted octanol–water partition coefficient (Wildman–Crippen LogP) is 3.03. The van der Waals surface area contributed by atoms with E-state index in [1.165, 1.54) is 29.1 Å². The van der Waals surface area contributed by atoms with E-state index in [-0.39, 0.29) is 30.3 Å². The molecule has 26 heavy (non-hydrogen) atoms. The number of anilines is 1. The summed E-state index contributed by atoms with van der Waals surface area (Å²) in [5.41, 5.74) is 0.382. The van der Waals surface area contributed by atoms with Gasteiger partial charge in [-0.1, -0.05) is 11.3 Å². The Bertz CT molecular complexity index is 958. The molecule has 0 aliphatic heterocycles. The van der Waals surface area contributed by atoms with Crippen molar-refractivity contribution in [3.63, 3.8) is 0 Å². The van der Waals surface area contributed by atoms with E-state index in [1.54, 1.807) is 0 Å². The Hall–Kier alpha value is -3.15. The maximum absolute atomic E-state index is 12.2. The predicted molar refractivity (Wildman–Crippen MR) is 88.4 cm³/mol. The second-order valence-electron chi connectivity index (χ2n) is 5.04. The van der Waals surface area contributed by atoms with Crippen LogP contribution in [0.25, 0.3) is 10.2 Å². The molecule has 0 atom stereocenters. The molecule has 1 amide bonds. The minimum atomic E-state index is -2.92. The van der Waals surface area contributed by atoms with Crippen molar-refractivity contribution in [3.8, 4) is 5.75 Å². The molecule has 0 spiro atoms. The van der Waals surface area contributed by atoms with Crippen LogP contribution < -0.4 is 10.1 Å². The number of ether oxygens (including phenoxy) is 1. The number of hydrogen-bond donors (Lipinski definition) is 1. The second kappa shape index (κ2) is 7.39. The molecule has 0 fully saturated rings. The number of alkyl halides is 2. The summed E-state index contributed by atoms with van der Waals surface area (Å²) in [7, 11) is 0. The molecule has 1 N–H and O–H groups in total. The van der Waals surface area contributed by atoms with Gasteiger partial charge in [0.2, 0.25) is 5.91 Å². The zero-order valence-corrected chi connectivity index (χ0v) is 13.8. The van der Waals surface area contributed by atoms with Gasteiger partial charge in [-0.05, 0) is 18.2 Å². The molecule has 12 heteroatoms. The molecule has 2 aromatic heterocycles. The maximum atomic E-state index is 12.2. The quantitative estimate of drug-likeness (QED) is 0.496. The number of carbonyl (C=O) groups excluding carboxylic acids is 1. The lowest BCUT2D eigenvalue weighted by Gasteiger charge is -2.02. The van der Waals surface area contributed by atoms with Crippen molar-refractivity contribution in [1.82, 2.24) is 14.8 Å². The van der Waals surface area contributed by atoms with Gasteiger partial charge in [0.1, 0.15) is 18.1 Å². The Morgan fingerprint density at radius 1 is 1.46 bits per heavy atom. The molecule has 0 saturated carbocycles. The Morgan fingerprint density at radius 3 is 2.96 bits per heavy atom. The smallest absolute Gasteiger partial charge is 0.387 e. The van der Waals surface area contributed by atoms with Gasteiger partial charge in [-0.15, -0.1) is 0 Å². The lowest BCUT2D eigenvalue weighted by molar-refractivity contribution is -0.385. The molecule has 0 bridgehead atoms. The fourth-order valence-corrected chi connectivity index (χ4v) is 3.01. The van der Waals surface area contributed by atoms with Gasteiger partial charge in [0.25, 0.3) is 0 Å². The Labute approximate surface area is 148 Å². The number of aryl methyl sites for hydroxylation is 1. The molecular formula is C14H11F2N5O4S. The third-order valence-electron chi connectivity index (χ3n) is 3.23. The summed E-state index contributed by atoms with van der Waals surface area (Å²) in [5, 5.41) is 17.3. The lowest BCUT2D eigenvalue weighted by Crippen LogP contribution is -2.14. The van der Waals surface area contributed by atoms with Crippen LogP contribution in [0.2, 0.25) is 0 Å². The van der Waals surface area contributed by atoms with Crippen LogP contribution in [-0.2, 0) is 11.3 Å². The molecule has 3 rings (SSSR count). The number of thiazole rings is 1. The topological polar surface area (TPSA) is 112 Å². The molecule has 3 aromatic rings. The van der Waals surface area contributed by atoms with Gasteiger partial charge >= 0.3 is 12.3 Å². The summed E-state index contributed by atoms with van der Waals surface area (Å²) in [6.45, 7) is -2.76. The Balaban J connectivity index is 1.60. The number of amides is 1. The van der Waals surface area contributed by atoms with Crippen LogP contribution in [-0.4, -0.2) is 32.2 Å². The number of hydrogen-bond acceptors (Lipinski definition) is 7. The molecule has 1 aromatic carbocycles. The number of nitrogens with one attached hydrogen (secondary N) is 1. The van der Waals surface area contributed by atoms with E-state index < -0.39 is 11.5 Å². The maximum Gasteiger partial charge on any atom is 0.387 e. The molecule has 136 valence electrons. The van der Waals surface area contributed by atoms with Crippen molar-refractivity contribution < 1.29 is 23.2 Å². The normalized spacial score (nSPS) is 11.0. The van der Waals surface area contributed by atoms with E-state index in [9.17, 15) is 23.7 Å². The van der Waals surface area contributed by atoms with E-state index >= 15 is 0 Å². The van der Waals surface area contributed by atoms with Crippen molar-refractivity contribution in [3.05, 3.63) is 40.7 Å². The highest BCUT2D eigenvalue weighted by molar-refractivity contribution is 7.22. The SMILES string of the molecule is O=C(CCn1cc([N+](=O)[O-])cn1)Nc1nc2ccc(OC(F)F)cc2s1. The highest BCUT2D eigenvalue weighted by Crippen LogP contribution is 2.29. The largest absolute Gasteiger partial charge is 0.435 e. The fourth-order valence-electron chi connectivity index (χ4n) is 2.10. The number of rotatable bonds is 7. The van der Waals surface area contributed by atoms with Crippen molar-refractivity contribution in [2.24, 2.45) is 0 Å². The van der Waals surface area contributed by atoms with Crippen LogP contribution in [0.4, 0.5) is 19.6 Å². The van der Waals surface area contributed by atoms with E-state index in [0.717, 1.165) is 17.5 Å². The average molecular weight is 383 g/mol. The summed E-state index contributed by atoms with van der Waals surface area (Å²) < 4.78 is 30.7. The Kier molecular flexibility index (Phi) is 5.02. The molecular weight excluding hydrogens is 372 g/mol. The first-order valence-electron chi connectivity index (χ1n) is 7.23. The van der Waals surface area contributed by atoms with Gasteiger partial charge in [0.15, 0.2) is 5.13 Å². The van der Waals surface area contributed by atoms with E-state index in [1.807, 2.05) is 0 Å². The first kappa shape index (κ1) is 17.7. The van der Waals surface area contributed by atoms with Gasteiger partial charge in [0.05, 0.1) is 15.1 Å². The first-order valence-corrected chi connectivity index (χ1v) is 8.04. The minimum absolute atomic E-state index is 0.00861. The van der Waals surface area contributed by atoms with Gasteiger partial charge in [-0.25, -0.2) is 4.98 Å². The van der Waals surface area contributed by atoms with Gasteiger partial charge in [0, 0.05) is 13.0 Å². The summed E-state index contributed by atoms with van der Waals surface area (Å²) in [6, 6.07) is 4.30. The van der Waals surface area contributed by atoms with Crippen LogP contribution >= 0.6 is 11.3 Å². The van der Waals surface area contributed by atoms with Crippen LogP contribution in [0.1, 0.15) is 6.42 Å². The number of nitrogens with zero attached hydrogens (tertiary/aromatic N) is 4. The number of benzene rings is 1. The average Bonchev–Trinajstić information content (AvgIpc) is 3.18. The number of halogens is 2. The summed E-state index contributed by atoms with van der Waals surface area (Å²) >= 11 is 1.12. The van der Waals surface area contributed by atoms with Crippen LogP contribution in [0.3, 0.4) is 0 Å². The highest BCUT2D eigenvalue weighted by Gasteiger charge is 2.12. The van der Waals surface area contributed by atoms with Crippen LogP contribution in [0.5, 0.6) is 5.75 Å². The molecule has 0 saturated heterocycles. The Morgan fingerprint density at radius 2 is 2.27 bits per heavy atom. The third kappa shape index (κ3) is 4.27. The summed E-state index contributed by atoms with van der Waals surface area (Å²) in [5.74, 6) is -0.347. The molecule has 0 radical (unpaired) electrons. The van der Waals surface area contributed by atoms with Crippen molar-refractivity contribution in [2.45, 2.75) is 19.6 Å². The van der Waals surface area contributed by atoms with Crippen molar-refractivity contribution >= 4 is 38.3 Å². The van der Waals surface area contributed by atoms with E-state index in [2.05, 4.69) is 20.1 Å². The molecule has 0 unspecified atom stereocenters. The first-order chi connectivity index (χ1) is 12.4. The molecule has 0 aliphatic carbocycles. The molecule has 2 heterocycles. The third-order valence-corrected chi connectivity index (χ3v) is 4.16. The lowest BCUT2D eigenvalue weighted by atomic mass is 10.3. The molecule has 9 nitrogen and oxygen atoms in total. The standard InChI is InChI=1S/C14H11F2N5O4S/c15-13(16)25-9-1-2-10-11(5-9)26-14(18-10)19-12(22)3-4-20-7-8(6-17-20)21(23)24/h1-2,5-7,13H,3-4H2,(H,18,19,22). The summed E-state index contributed by atoms with van der Waals surface area (Å²) in [4.78, 5) is 26.2. The zero-order chi connectivity index (χ0) is 18.7. The number of fused-ring (bicyclic) bond motifs is 1. The summed E-state index contributed by atoms with van der Waals surface area (Å²) in [6.07, 6.45) is 2.37. The van der Waals surface area contributed by atoms with Gasteiger partial charge in [-0.3, -0.25) is 19.6 Å². The highest BCUT2D eigenvalue weighted by atomic mass is 32.1. The van der Waals surface area contributed by atoms with E-state index in [0.29, 0.717) is 15.3 Å². The van der Waals surface area contributed by atoms with Crippen LogP contribution in [0.15, 0.2) is 30.6 Å². The monoisotopic (exact) mass is 383 g/mol. The zero-order valence-electron chi connectivity index (χ0n) is 13.0. The fraction of sp³-hybridized carbons (Fsp3) is 0.214. The van der Waals surface area contributed by atoms with E-state index in [4.69, 9.17) is 0 Å². The van der Waals surface area contributed by atoms with Gasteiger partial charge in [-0.2, -0.15) is 13.9 Å². The minimum Gasteiger partial charge on any atom is -0.435 e. The van der Waals surface area contributed by atoms with Gasteiger partial charge < -0.3 is 10.1 Å².